The SMILES string of the molecule is CC1CC(C(F)(F)F)C[C@@H](C)C1.CC1CC(C)C(C(F)(F)F)C1.CC1CCC(C(F)(F)F)C1C.CC1CCCC(C(F)(F)F)[C@@H]1C.CCC(C)(C)C.CCCC(C)(C)C.CCCC(C)C.CCCC(C)C(F)(F)F.[2H]C([2H])(C)C(C)(C)C. The Labute approximate surface area is 485 Å². The van der Waals surface area contributed by atoms with Crippen LogP contribution in [-0.4, -0.2) is 30.9 Å². The standard InChI is InChI=1S/2C9H15F3.2C8H13F3.C7H16.C6H11F3.3C6H14/c1-6-3-7(2)5-8(4-6)9(10,11)12;1-6-4-3-5-8(7(6)2)9(10,11)12;1-5-3-6(2)7(4-5)8(9,10)11;1-5-3-4-7(6(5)2)8(9,10)11;1-5-6-7(2,3)4;1-3-4-5(2)6(7,8)9;2*1-5-6(2,3)4;1-4-5-6(2)3/h2*6-8H,3-5H2,1-2H3;2*5-7H,3-4H2,1-2H3;5-6H2,1-4H3;5H,3-4H2,1-2H3;2*5H2,1-4H3;6H,4-5H2,1-3H3/t6-,7?,8?;6?,7-,8?;;;;;;;/m01......./s1/i;;;;;;5D2;;. The number of rotatable bonds is 5. The predicted octanol–water partition coefficient (Wildman–Crippen LogP) is 26.8. The van der Waals surface area contributed by atoms with Gasteiger partial charge >= 0.3 is 30.9 Å². The molecule has 4 rings (SSSR count). The quantitative estimate of drug-likeness (QED) is 0.241. The van der Waals surface area contributed by atoms with Gasteiger partial charge in [-0.15, -0.1) is 0 Å². The van der Waals surface area contributed by atoms with Gasteiger partial charge in [-0.1, -0.05) is 224 Å². The molecular formula is C65H125F15. The molecule has 0 bridgehead atoms. The van der Waals surface area contributed by atoms with E-state index in [4.69, 9.17) is 2.74 Å². The molecule has 0 heterocycles. The summed E-state index contributed by atoms with van der Waals surface area (Å²) in [5.41, 5.74) is 0.863. The van der Waals surface area contributed by atoms with Gasteiger partial charge in [-0.05, 0) is 134 Å². The lowest BCUT2D eigenvalue weighted by Gasteiger charge is -2.35. The molecule has 80 heavy (non-hydrogen) atoms. The fourth-order valence-corrected chi connectivity index (χ4v) is 10.0. The van der Waals surface area contributed by atoms with Crippen molar-refractivity contribution in [2.75, 3.05) is 0 Å². The number of halogens is 15. The van der Waals surface area contributed by atoms with E-state index in [-0.39, 0.29) is 59.2 Å². The van der Waals surface area contributed by atoms with E-state index in [0.29, 0.717) is 49.4 Å². The lowest BCUT2D eigenvalue weighted by atomic mass is 9.73. The Hall–Kier alpha value is -1.05. The van der Waals surface area contributed by atoms with E-state index in [1.54, 1.807) is 34.6 Å². The van der Waals surface area contributed by atoms with Crippen LogP contribution in [0.15, 0.2) is 0 Å². The minimum Gasteiger partial charge on any atom is -0.171 e. The molecule has 0 aliphatic heterocycles. The first-order valence-corrected chi connectivity index (χ1v) is 30.6. The molecule has 0 aromatic carbocycles. The van der Waals surface area contributed by atoms with E-state index in [1.165, 1.54) is 39.0 Å². The molecular weight excluding hydrogens is 1070 g/mol. The van der Waals surface area contributed by atoms with Gasteiger partial charge in [0.1, 0.15) is 0 Å². The zero-order valence-electron chi connectivity index (χ0n) is 57.3. The zero-order chi connectivity index (χ0) is 66.6. The van der Waals surface area contributed by atoms with E-state index < -0.39 is 66.8 Å². The summed E-state index contributed by atoms with van der Waals surface area (Å²) in [4.78, 5) is 0. The molecule has 0 N–H and O–H groups in total. The van der Waals surface area contributed by atoms with Gasteiger partial charge < -0.3 is 0 Å². The summed E-state index contributed by atoms with van der Waals surface area (Å²) < 4.78 is 196. The van der Waals surface area contributed by atoms with Crippen molar-refractivity contribution < 1.29 is 68.6 Å². The van der Waals surface area contributed by atoms with Crippen LogP contribution in [-0.2, 0) is 0 Å². The Balaban J connectivity index is -0.000000274. The number of hydrogen-bond acceptors (Lipinski definition) is 0. The minimum atomic E-state index is -3.99. The fourth-order valence-electron chi connectivity index (χ4n) is 10.0. The summed E-state index contributed by atoms with van der Waals surface area (Å²) in [5.74, 6) is -3.80. The summed E-state index contributed by atoms with van der Waals surface area (Å²) in [7, 11) is 0. The van der Waals surface area contributed by atoms with Crippen LogP contribution in [0.4, 0.5) is 65.9 Å². The molecule has 0 aromatic heterocycles. The molecule has 4 aliphatic carbocycles. The molecule has 11 unspecified atom stereocenters. The van der Waals surface area contributed by atoms with Crippen molar-refractivity contribution in [1.82, 2.24) is 0 Å². The molecule has 0 spiro atoms. The Bertz CT molecular complexity index is 1490. The maximum atomic E-state index is 12.4. The van der Waals surface area contributed by atoms with Crippen LogP contribution in [0.2, 0.25) is 0 Å². The molecule has 4 aliphatic rings. The van der Waals surface area contributed by atoms with Crippen LogP contribution in [0.1, 0.15) is 291 Å². The van der Waals surface area contributed by atoms with Crippen molar-refractivity contribution in [1.29, 1.82) is 0 Å². The molecule has 490 valence electrons. The van der Waals surface area contributed by atoms with Crippen LogP contribution < -0.4 is 0 Å². The third kappa shape index (κ3) is 48.2. The van der Waals surface area contributed by atoms with Crippen molar-refractivity contribution in [3.05, 3.63) is 0 Å². The first-order chi connectivity index (χ1) is 36.3. The summed E-state index contributed by atoms with van der Waals surface area (Å²) in [6.45, 7) is 49.6. The van der Waals surface area contributed by atoms with Gasteiger partial charge in [0.2, 0.25) is 0 Å². The van der Waals surface area contributed by atoms with Crippen LogP contribution in [0, 0.1) is 99.1 Å². The van der Waals surface area contributed by atoms with Crippen molar-refractivity contribution in [2.45, 2.75) is 320 Å². The first kappa shape index (κ1) is 83.2. The van der Waals surface area contributed by atoms with Crippen molar-refractivity contribution in [2.24, 2.45) is 99.1 Å². The maximum Gasteiger partial charge on any atom is 0.392 e. The van der Waals surface area contributed by atoms with Crippen LogP contribution in [0.3, 0.4) is 0 Å². The second-order valence-electron chi connectivity index (χ2n) is 28.5. The Morgan fingerprint density at radius 1 is 0.400 bits per heavy atom. The van der Waals surface area contributed by atoms with E-state index in [1.807, 2.05) is 55.4 Å². The Morgan fingerprint density at radius 2 is 0.762 bits per heavy atom. The van der Waals surface area contributed by atoms with E-state index >= 15 is 0 Å². The first-order valence-electron chi connectivity index (χ1n) is 31.6. The van der Waals surface area contributed by atoms with E-state index in [9.17, 15) is 65.9 Å². The van der Waals surface area contributed by atoms with Gasteiger partial charge in [0.15, 0.2) is 0 Å². The minimum absolute atomic E-state index is 0.176. The monoisotopic (exact) mass is 1190 g/mol. The summed E-state index contributed by atoms with van der Waals surface area (Å²) in [6.07, 6.45) is -7.75. The van der Waals surface area contributed by atoms with Gasteiger partial charge in [-0.2, -0.15) is 65.9 Å². The van der Waals surface area contributed by atoms with Gasteiger partial charge in [0.05, 0.1) is 29.6 Å². The lowest BCUT2D eigenvalue weighted by Crippen LogP contribution is -2.35. The Kier molecular flexibility index (Phi) is 41.9. The van der Waals surface area contributed by atoms with Gasteiger partial charge in [-0.25, -0.2) is 0 Å². The zero-order valence-corrected chi connectivity index (χ0v) is 55.3. The highest BCUT2D eigenvalue weighted by atomic mass is 19.4. The van der Waals surface area contributed by atoms with Crippen LogP contribution in [0.5, 0.6) is 0 Å². The topological polar surface area (TPSA) is 0 Å². The molecule has 0 saturated heterocycles. The van der Waals surface area contributed by atoms with Gasteiger partial charge in [-0.3, -0.25) is 0 Å². The van der Waals surface area contributed by atoms with E-state index in [2.05, 4.69) is 76.2 Å². The molecule has 4 saturated carbocycles. The van der Waals surface area contributed by atoms with Crippen LogP contribution in [0.25, 0.3) is 0 Å². The molecule has 0 amide bonds. The fraction of sp³-hybridized carbons (Fsp3) is 1.00. The van der Waals surface area contributed by atoms with E-state index in [0.717, 1.165) is 38.0 Å². The second-order valence-corrected chi connectivity index (χ2v) is 28.5. The average Bonchev–Trinajstić information content (AvgIpc) is 3.79. The van der Waals surface area contributed by atoms with Gasteiger partial charge in [0, 0.05) is 2.74 Å². The summed E-state index contributed by atoms with van der Waals surface area (Å²) in [6, 6.07) is 0. The van der Waals surface area contributed by atoms with Crippen LogP contribution >= 0.6 is 0 Å². The third-order valence-electron chi connectivity index (χ3n) is 16.1. The molecule has 4 fully saturated rings. The Morgan fingerprint density at radius 3 is 0.938 bits per heavy atom. The number of hydrogen-bond donors (Lipinski definition) is 0. The molecule has 0 radical (unpaired) electrons. The number of alkyl halides is 15. The second kappa shape index (κ2) is 40.4. The van der Waals surface area contributed by atoms with Crippen molar-refractivity contribution >= 4 is 0 Å². The predicted molar refractivity (Wildman–Crippen MR) is 311 cm³/mol. The molecule has 0 nitrogen and oxygen atoms in total. The highest BCUT2D eigenvalue weighted by Gasteiger charge is 2.49. The third-order valence-corrected chi connectivity index (χ3v) is 16.1. The highest BCUT2D eigenvalue weighted by molar-refractivity contribution is 4.85. The maximum absolute atomic E-state index is 12.4. The summed E-state index contributed by atoms with van der Waals surface area (Å²) >= 11 is 0. The van der Waals surface area contributed by atoms with Crippen molar-refractivity contribution in [3.63, 3.8) is 0 Å². The largest absolute Gasteiger partial charge is 0.392 e. The molecule has 0 aromatic rings. The normalized spacial score (nSPS) is 28.3. The lowest BCUT2D eigenvalue weighted by molar-refractivity contribution is -0.199. The molecule has 15 heteroatoms. The summed E-state index contributed by atoms with van der Waals surface area (Å²) in [5, 5.41) is 0. The average molecular weight is 1190 g/mol. The smallest absolute Gasteiger partial charge is 0.171 e. The van der Waals surface area contributed by atoms with Crippen molar-refractivity contribution in [3.8, 4) is 0 Å². The van der Waals surface area contributed by atoms with Gasteiger partial charge in [0.25, 0.3) is 0 Å². The highest BCUT2D eigenvalue weighted by Crippen LogP contribution is 2.47. The molecule has 13 atom stereocenters.